The SMILES string of the molecule is Cc1ccc(CC(=O)O)cc1-c1cn2ccccc2n1. The molecule has 0 spiro atoms. The predicted octanol–water partition coefficient (Wildman–Crippen LogP) is 2.94. The van der Waals surface area contributed by atoms with E-state index in [1.165, 1.54) is 0 Å². The Morgan fingerprint density at radius 2 is 2.15 bits per heavy atom. The Bertz CT molecular complexity index is 757. The van der Waals surface area contributed by atoms with Crippen molar-refractivity contribution in [3.63, 3.8) is 0 Å². The van der Waals surface area contributed by atoms with Crippen molar-refractivity contribution in [2.75, 3.05) is 0 Å². The molecule has 4 heteroatoms. The summed E-state index contributed by atoms with van der Waals surface area (Å²) < 4.78 is 1.96. The van der Waals surface area contributed by atoms with Gasteiger partial charge in [-0.3, -0.25) is 4.79 Å². The first-order valence-electron chi connectivity index (χ1n) is 6.39. The number of hydrogen-bond donors (Lipinski definition) is 1. The highest BCUT2D eigenvalue weighted by Crippen LogP contribution is 2.24. The summed E-state index contributed by atoms with van der Waals surface area (Å²) in [6.07, 6.45) is 3.94. The van der Waals surface area contributed by atoms with Crippen LogP contribution < -0.4 is 0 Å². The van der Waals surface area contributed by atoms with Gasteiger partial charge < -0.3 is 9.51 Å². The minimum atomic E-state index is -0.824. The molecular weight excluding hydrogens is 252 g/mol. The third kappa shape index (κ3) is 2.28. The maximum Gasteiger partial charge on any atom is 0.307 e. The average Bonchev–Trinajstić information content (AvgIpc) is 2.84. The van der Waals surface area contributed by atoms with E-state index < -0.39 is 5.97 Å². The molecule has 1 N–H and O–H groups in total. The predicted molar refractivity (Wildman–Crippen MR) is 76.7 cm³/mol. The topological polar surface area (TPSA) is 54.6 Å². The summed E-state index contributed by atoms with van der Waals surface area (Å²) in [5, 5.41) is 8.89. The smallest absolute Gasteiger partial charge is 0.307 e. The number of fused-ring (bicyclic) bond motifs is 1. The number of benzene rings is 1. The minimum Gasteiger partial charge on any atom is -0.481 e. The first kappa shape index (κ1) is 12.4. The number of imidazole rings is 1. The highest BCUT2D eigenvalue weighted by Gasteiger charge is 2.09. The van der Waals surface area contributed by atoms with Crippen LogP contribution in [0.5, 0.6) is 0 Å². The Kier molecular flexibility index (Phi) is 2.99. The number of carbonyl (C=O) groups is 1. The van der Waals surface area contributed by atoms with Crippen LogP contribution in [-0.2, 0) is 11.2 Å². The summed E-state index contributed by atoms with van der Waals surface area (Å²) in [7, 11) is 0. The Hall–Kier alpha value is -2.62. The third-order valence-corrected chi connectivity index (χ3v) is 3.30. The van der Waals surface area contributed by atoms with Gasteiger partial charge in [0.2, 0.25) is 0 Å². The van der Waals surface area contributed by atoms with Crippen LogP contribution in [0.1, 0.15) is 11.1 Å². The van der Waals surface area contributed by atoms with E-state index in [-0.39, 0.29) is 6.42 Å². The molecule has 0 aliphatic carbocycles. The van der Waals surface area contributed by atoms with Crippen molar-refractivity contribution in [2.24, 2.45) is 0 Å². The normalized spacial score (nSPS) is 10.8. The van der Waals surface area contributed by atoms with Gasteiger partial charge in [-0.05, 0) is 36.2 Å². The fraction of sp³-hybridized carbons (Fsp3) is 0.125. The van der Waals surface area contributed by atoms with Crippen molar-refractivity contribution < 1.29 is 9.90 Å². The Morgan fingerprint density at radius 3 is 2.90 bits per heavy atom. The summed E-state index contributed by atoms with van der Waals surface area (Å²) in [6.45, 7) is 2.00. The largest absolute Gasteiger partial charge is 0.481 e. The third-order valence-electron chi connectivity index (χ3n) is 3.30. The number of rotatable bonds is 3. The van der Waals surface area contributed by atoms with Crippen molar-refractivity contribution in [2.45, 2.75) is 13.3 Å². The number of aromatic nitrogens is 2. The van der Waals surface area contributed by atoms with E-state index in [1.54, 1.807) is 0 Å². The molecule has 2 aromatic heterocycles. The van der Waals surface area contributed by atoms with E-state index >= 15 is 0 Å². The zero-order valence-electron chi connectivity index (χ0n) is 11.1. The second-order valence-electron chi connectivity index (χ2n) is 4.81. The van der Waals surface area contributed by atoms with Gasteiger partial charge in [0, 0.05) is 18.0 Å². The minimum absolute atomic E-state index is 0.0284. The van der Waals surface area contributed by atoms with Gasteiger partial charge in [0.05, 0.1) is 12.1 Å². The summed E-state index contributed by atoms with van der Waals surface area (Å²) >= 11 is 0. The van der Waals surface area contributed by atoms with E-state index in [2.05, 4.69) is 4.98 Å². The van der Waals surface area contributed by atoms with Gasteiger partial charge >= 0.3 is 5.97 Å². The molecule has 0 saturated heterocycles. The maximum absolute atomic E-state index is 10.8. The summed E-state index contributed by atoms with van der Waals surface area (Å²) in [5.74, 6) is -0.824. The van der Waals surface area contributed by atoms with Gasteiger partial charge in [-0.15, -0.1) is 0 Å². The van der Waals surface area contributed by atoms with E-state index in [9.17, 15) is 4.79 Å². The van der Waals surface area contributed by atoms with Crippen LogP contribution in [0.3, 0.4) is 0 Å². The van der Waals surface area contributed by atoms with E-state index in [0.29, 0.717) is 0 Å². The molecule has 0 unspecified atom stereocenters. The monoisotopic (exact) mass is 266 g/mol. The second-order valence-corrected chi connectivity index (χ2v) is 4.81. The molecule has 100 valence electrons. The lowest BCUT2D eigenvalue weighted by atomic mass is 10.0. The summed E-state index contributed by atoms with van der Waals surface area (Å²) in [4.78, 5) is 15.4. The van der Waals surface area contributed by atoms with Gasteiger partial charge in [0.15, 0.2) is 0 Å². The summed E-state index contributed by atoms with van der Waals surface area (Å²) in [6, 6.07) is 11.5. The van der Waals surface area contributed by atoms with Crippen molar-refractivity contribution in [3.8, 4) is 11.3 Å². The van der Waals surface area contributed by atoms with Crippen LogP contribution in [0.4, 0.5) is 0 Å². The number of aliphatic carboxylic acids is 1. The van der Waals surface area contributed by atoms with E-state index in [0.717, 1.165) is 28.0 Å². The fourth-order valence-electron chi connectivity index (χ4n) is 2.29. The van der Waals surface area contributed by atoms with E-state index in [1.807, 2.05) is 60.1 Å². The first-order chi connectivity index (χ1) is 9.63. The lowest BCUT2D eigenvalue weighted by molar-refractivity contribution is -0.136. The molecule has 0 atom stereocenters. The van der Waals surface area contributed by atoms with Crippen LogP contribution in [0.25, 0.3) is 16.9 Å². The zero-order valence-corrected chi connectivity index (χ0v) is 11.1. The van der Waals surface area contributed by atoms with Crippen LogP contribution in [0.2, 0.25) is 0 Å². The number of carboxylic acid groups (broad SMARTS) is 1. The van der Waals surface area contributed by atoms with Crippen molar-refractivity contribution in [1.29, 1.82) is 0 Å². The quantitative estimate of drug-likeness (QED) is 0.793. The van der Waals surface area contributed by atoms with Gasteiger partial charge in [0.1, 0.15) is 5.65 Å². The van der Waals surface area contributed by atoms with E-state index in [4.69, 9.17) is 5.11 Å². The molecule has 1 aromatic carbocycles. The number of nitrogens with zero attached hydrogens (tertiary/aromatic N) is 2. The van der Waals surface area contributed by atoms with Crippen LogP contribution >= 0.6 is 0 Å². The number of hydrogen-bond acceptors (Lipinski definition) is 2. The first-order valence-corrected chi connectivity index (χ1v) is 6.39. The average molecular weight is 266 g/mol. The van der Waals surface area contributed by atoms with Crippen LogP contribution in [0, 0.1) is 6.92 Å². The fourth-order valence-corrected chi connectivity index (χ4v) is 2.29. The molecule has 0 aliphatic heterocycles. The molecule has 20 heavy (non-hydrogen) atoms. The molecule has 0 aliphatic rings. The van der Waals surface area contributed by atoms with Crippen molar-refractivity contribution in [3.05, 3.63) is 59.9 Å². The molecule has 2 heterocycles. The van der Waals surface area contributed by atoms with Crippen molar-refractivity contribution >= 4 is 11.6 Å². The number of carboxylic acids is 1. The molecule has 0 radical (unpaired) electrons. The van der Waals surface area contributed by atoms with Gasteiger partial charge in [-0.1, -0.05) is 18.2 Å². The standard InChI is InChI=1S/C16H14N2O2/c1-11-5-6-12(9-16(19)20)8-13(11)14-10-18-7-3-2-4-15(18)17-14/h2-8,10H,9H2,1H3,(H,19,20). The molecule has 4 nitrogen and oxygen atoms in total. The lowest BCUT2D eigenvalue weighted by Crippen LogP contribution is -2.00. The Balaban J connectivity index is 2.10. The molecule has 0 amide bonds. The molecule has 0 fully saturated rings. The summed E-state index contributed by atoms with van der Waals surface area (Å²) in [5.41, 5.74) is 4.59. The zero-order chi connectivity index (χ0) is 14.1. The van der Waals surface area contributed by atoms with Crippen LogP contribution in [0.15, 0.2) is 48.8 Å². The van der Waals surface area contributed by atoms with Crippen LogP contribution in [-0.4, -0.2) is 20.5 Å². The highest BCUT2D eigenvalue weighted by molar-refractivity contribution is 5.73. The molecule has 3 aromatic rings. The van der Waals surface area contributed by atoms with Crippen molar-refractivity contribution in [1.82, 2.24) is 9.38 Å². The van der Waals surface area contributed by atoms with Gasteiger partial charge in [0.25, 0.3) is 0 Å². The highest BCUT2D eigenvalue weighted by atomic mass is 16.4. The molecule has 0 saturated carbocycles. The molecule has 0 bridgehead atoms. The number of aryl methyl sites for hydroxylation is 1. The maximum atomic E-state index is 10.8. The molecule has 3 rings (SSSR count). The van der Waals surface area contributed by atoms with Gasteiger partial charge in [-0.2, -0.15) is 0 Å². The van der Waals surface area contributed by atoms with Gasteiger partial charge in [-0.25, -0.2) is 4.98 Å². The number of pyridine rings is 1. The molecular formula is C16H14N2O2. The Morgan fingerprint density at radius 1 is 1.30 bits per heavy atom. The second kappa shape index (κ2) is 4.81. The lowest BCUT2D eigenvalue weighted by Gasteiger charge is -2.05. The Labute approximate surface area is 116 Å².